The molecule has 0 spiro atoms. The van der Waals surface area contributed by atoms with Crippen molar-refractivity contribution in [2.75, 3.05) is 11.9 Å². The number of carbonyl (C=O) groups is 1. The van der Waals surface area contributed by atoms with E-state index in [1.807, 2.05) is 17.5 Å². The summed E-state index contributed by atoms with van der Waals surface area (Å²) < 4.78 is 28.5. The Morgan fingerprint density at radius 1 is 1.14 bits per heavy atom. The van der Waals surface area contributed by atoms with Crippen molar-refractivity contribution in [1.82, 2.24) is 14.5 Å². The highest BCUT2D eigenvalue weighted by Gasteiger charge is 2.14. The summed E-state index contributed by atoms with van der Waals surface area (Å²) >= 11 is 1.51. The third-order valence-electron chi connectivity index (χ3n) is 3.74. The Morgan fingerprint density at radius 3 is 2.54 bits per heavy atom. The first-order chi connectivity index (χ1) is 13.3. The van der Waals surface area contributed by atoms with Crippen LogP contribution in [0.15, 0.2) is 63.6 Å². The van der Waals surface area contributed by atoms with Crippen LogP contribution >= 0.6 is 11.3 Å². The van der Waals surface area contributed by atoms with Crippen LogP contribution in [0.1, 0.15) is 6.92 Å². The molecule has 0 fully saturated rings. The van der Waals surface area contributed by atoms with Gasteiger partial charge in [0.1, 0.15) is 5.69 Å². The molecule has 0 atom stereocenters. The fourth-order valence-corrected chi connectivity index (χ4v) is 4.17. The fourth-order valence-electron chi connectivity index (χ4n) is 2.45. The SMILES string of the molecule is CC(=O)Nc1ccc(S(=O)(=O)NCCn2nc(-c3cccs3)ccc2=O)cc1. The lowest BCUT2D eigenvalue weighted by atomic mass is 10.3. The van der Waals surface area contributed by atoms with Gasteiger partial charge in [0.15, 0.2) is 0 Å². The molecule has 8 nitrogen and oxygen atoms in total. The number of anilines is 1. The minimum atomic E-state index is -3.75. The zero-order chi connectivity index (χ0) is 20.1. The van der Waals surface area contributed by atoms with Gasteiger partial charge in [-0.2, -0.15) is 5.10 Å². The first-order valence-electron chi connectivity index (χ1n) is 8.34. The van der Waals surface area contributed by atoms with E-state index in [0.29, 0.717) is 11.4 Å². The van der Waals surface area contributed by atoms with Gasteiger partial charge in [0.2, 0.25) is 15.9 Å². The predicted octanol–water partition coefficient (Wildman–Crippen LogP) is 1.91. The van der Waals surface area contributed by atoms with Crippen LogP contribution in [0.4, 0.5) is 5.69 Å². The third kappa shape index (κ3) is 4.91. The van der Waals surface area contributed by atoms with Crippen LogP contribution in [-0.2, 0) is 21.4 Å². The number of thiophene rings is 1. The normalized spacial score (nSPS) is 11.3. The number of carbonyl (C=O) groups excluding carboxylic acids is 1. The van der Waals surface area contributed by atoms with Gasteiger partial charge in [0.05, 0.1) is 16.3 Å². The van der Waals surface area contributed by atoms with Crippen molar-refractivity contribution < 1.29 is 13.2 Å². The summed E-state index contributed by atoms with van der Waals surface area (Å²) in [6.07, 6.45) is 0. The van der Waals surface area contributed by atoms with E-state index in [4.69, 9.17) is 0 Å². The first-order valence-corrected chi connectivity index (χ1v) is 10.7. The van der Waals surface area contributed by atoms with E-state index in [-0.39, 0.29) is 29.5 Å². The molecule has 0 aliphatic heterocycles. The Balaban J connectivity index is 1.66. The highest BCUT2D eigenvalue weighted by Crippen LogP contribution is 2.21. The van der Waals surface area contributed by atoms with Crippen molar-refractivity contribution in [3.63, 3.8) is 0 Å². The second-order valence-electron chi connectivity index (χ2n) is 5.86. The van der Waals surface area contributed by atoms with Gasteiger partial charge in [0.25, 0.3) is 5.56 Å². The number of hydrogen-bond donors (Lipinski definition) is 2. The monoisotopic (exact) mass is 418 g/mol. The summed E-state index contributed by atoms with van der Waals surface area (Å²) in [4.78, 5) is 24.0. The van der Waals surface area contributed by atoms with Gasteiger partial charge >= 0.3 is 0 Å². The molecule has 2 heterocycles. The van der Waals surface area contributed by atoms with Crippen molar-refractivity contribution in [2.24, 2.45) is 0 Å². The standard InChI is InChI=1S/C18H18N4O4S2/c1-13(23)20-14-4-6-15(7-5-14)28(25,26)19-10-11-22-18(24)9-8-16(21-22)17-3-2-12-27-17/h2-9,12,19H,10-11H2,1H3,(H,20,23). The minimum absolute atomic E-state index is 0.0105. The largest absolute Gasteiger partial charge is 0.326 e. The van der Waals surface area contributed by atoms with Gasteiger partial charge < -0.3 is 5.32 Å². The van der Waals surface area contributed by atoms with Gasteiger partial charge in [-0.05, 0) is 41.8 Å². The van der Waals surface area contributed by atoms with E-state index in [1.165, 1.54) is 53.3 Å². The van der Waals surface area contributed by atoms with Crippen LogP contribution in [0, 0.1) is 0 Å². The van der Waals surface area contributed by atoms with E-state index < -0.39 is 10.0 Å². The highest BCUT2D eigenvalue weighted by molar-refractivity contribution is 7.89. The average Bonchev–Trinajstić information content (AvgIpc) is 3.18. The van der Waals surface area contributed by atoms with Crippen molar-refractivity contribution in [1.29, 1.82) is 0 Å². The van der Waals surface area contributed by atoms with Crippen LogP contribution in [0.2, 0.25) is 0 Å². The molecule has 146 valence electrons. The summed E-state index contributed by atoms with van der Waals surface area (Å²) in [6.45, 7) is 1.48. The van der Waals surface area contributed by atoms with Crippen molar-refractivity contribution in [2.45, 2.75) is 18.4 Å². The van der Waals surface area contributed by atoms with E-state index in [2.05, 4.69) is 15.1 Å². The lowest BCUT2D eigenvalue weighted by molar-refractivity contribution is -0.114. The Bertz CT molecular complexity index is 1120. The summed E-state index contributed by atoms with van der Waals surface area (Å²) in [5.41, 5.74) is 0.859. The molecule has 0 aliphatic carbocycles. The van der Waals surface area contributed by atoms with Crippen molar-refractivity contribution in [3.05, 3.63) is 64.3 Å². The predicted molar refractivity (Wildman–Crippen MR) is 108 cm³/mol. The number of sulfonamides is 1. The fraction of sp³-hybridized carbons (Fsp3) is 0.167. The Morgan fingerprint density at radius 2 is 1.89 bits per heavy atom. The van der Waals surface area contributed by atoms with Gasteiger partial charge in [-0.25, -0.2) is 17.8 Å². The zero-order valence-corrected chi connectivity index (χ0v) is 16.6. The van der Waals surface area contributed by atoms with E-state index in [0.717, 1.165) is 4.88 Å². The first kappa shape index (κ1) is 19.9. The molecule has 2 aromatic heterocycles. The molecule has 2 N–H and O–H groups in total. The third-order valence-corrected chi connectivity index (χ3v) is 6.11. The van der Waals surface area contributed by atoms with Crippen LogP contribution in [0.3, 0.4) is 0 Å². The summed E-state index contributed by atoms with van der Waals surface area (Å²) in [7, 11) is -3.75. The molecular formula is C18H18N4O4S2. The molecule has 1 aromatic carbocycles. The summed E-state index contributed by atoms with van der Waals surface area (Å²) in [6, 6.07) is 12.7. The second-order valence-corrected chi connectivity index (χ2v) is 8.58. The zero-order valence-electron chi connectivity index (χ0n) is 15.0. The molecule has 0 saturated carbocycles. The molecule has 1 amide bonds. The van der Waals surface area contributed by atoms with Gasteiger partial charge in [-0.3, -0.25) is 9.59 Å². The maximum atomic E-state index is 12.4. The van der Waals surface area contributed by atoms with E-state index in [9.17, 15) is 18.0 Å². The number of amides is 1. The quantitative estimate of drug-likeness (QED) is 0.609. The molecule has 3 aromatic rings. The molecule has 3 rings (SSSR count). The minimum Gasteiger partial charge on any atom is -0.326 e. The van der Waals surface area contributed by atoms with Crippen LogP contribution in [-0.4, -0.2) is 30.7 Å². The second kappa shape index (κ2) is 8.46. The molecule has 28 heavy (non-hydrogen) atoms. The molecular weight excluding hydrogens is 400 g/mol. The number of aromatic nitrogens is 2. The summed E-state index contributed by atoms with van der Waals surface area (Å²) in [5, 5.41) is 8.77. The van der Waals surface area contributed by atoms with Gasteiger partial charge in [-0.15, -0.1) is 11.3 Å². The van der Waals surface area contributed by atoms with E-state index in [1.54, 1.807) is 6.07 Å². The van der Waals surface area contributed by atoms with Crippen LogP contribution < -0.4 is 15.6 Å². The average molecular weight is 419 g/mol. The molecule has 0 saturated heterocycles. The van der Waals surface area contributed by atoms with Crippen LogP contribution in [0.25, 0.3) is 10.6 Å². The smallest absolute Gasteiger partial charge is 0.266 e. The van der Waals surface area contributed by atoms with Crippen LogP contribution in [0.5, 0.6) is 0 Å². The van der Waals surface area contributed by atoms with E-state index >= 15 is 0 Å². The molecule has 0 aliphatic rings. The topological polar surface area (TPSA) is 110 Å². The number of rotatable bonds is 7. The van der Waals surface area contributed by atoms with Crippen molar-refractivity contribution >= 4 is 33.0 Å². The van der Waals surface area contributed by atoms with Crippen molar-refractivity contribution in [3.8, 4) is 10.6 Å². The van der Waals surface area contributed by atoms with Gasteiger partial charge in [0, 0.05) is 25.2 Å². The summed E-state index contributed by atoms with van der Waals surface area (Å²) in [5.74, 6) is -0.239. The lowest BCUT2D eigenvalue weighted by Gasteiger charge is -2.09. The lowest BCUT2D eigenvalue weighted by Crippen LogP contribution is -2.32. The molecule has 0 bridgehead atoms. The van der Waals surface area contributed by atoms with Gasteiger partial charge in [-0.1, -0.05) is 6.07 Å². The maximum Gasteiger partial charge on any atom is 0.266 e. The molecule has 10 heteroatoms. The Hall–Kier alpha value is -2.82. The molecule has 0 unspecified atom stereocenters. The Kier molecular flexibility index (Phi) is 6.02. The number of hydrogen-bond acceptors (Lipinski definition) is 6. The number of benzene rings is 1. The Labute approximate surface area is 165 Å². The highest BCUT2D eigenvalue weighted by atomic mass is 32.2. The number of nitrogens with zero attached hydrogens (tertiary/aromatic N) is 2. The maximum absolute atomic E-state index is 12.4. The molecule has 0 radical (unpaired) electrons. The number of nitrogens with one attached hydrogen (secondary N) is 2.